The molecule has 0 aromatic heterocycles. The average molecular weight is 309 g/mol. The molecule has 2 bridgehead atoms. The molecule has 2 aromatic carbocycles. The van der Waals surface area contributed by atoms with E-state index < -0.39 is 0 Å². The zero-order valence-electron chi connectivity index (χ0n) is 13.8. The van der Waals surface area contributed by atoms with Crippen LogP contribution in [0.1, 0.15) is 43.8 Å². The van der Waals surface area contributed by atoms with Crippen LogP contribution < -0.4 is 0 Å². The van der Waals surface area contributed by atoms with Gasteiger partial charge in [0.05, 0.1) is 6.10 Å². The number of benzene rings is 2. The van der Waals surface area contributed by atoms with Crippen molar-refractivity contribution in [3.8, 4) is 0 Å². The molecule has 2 aliphatic rings. The highest BCUT2D eigenvalue weighted by Crippen LogP contribution is 2.36. The standard InChI is InChI=1S/C21H27NO/c23-21(20-8-7-18-3-1-2-4-19(18)14-20)10-12-22-11-9-16-5-6-17(13-16)15-22/h1-4,7-8,14,16-17,21,23H,5-6,9-13,15H2/t16-,17-,21-/m0/s1. The van der Waals surface area contributed by atoms with Crippen molar-refractivity contribution in [2.45, 2.75) is 38.2 Å². The summed E-state index contributed by atoms with van der Waals surface area (Å²) in [6.07, 6.45) is 6.19. The van der Waals surface area contributed by atoms with Crippen molar-refractivity contribution in [3.05, 3.63) is 48.0 Å². The Kier molecular flexibility index (Phi) is 4.37. The highest BCUT2D eigenvalue weighted by Gasteiger charge is 2.29. The Labute approximate surface area is 139 Å². The maximum Gasteiger partial charge on any atom is 0.0802 e. The minimum Gasteiger partial charge on any atom is -0.388 e. The van der Waals surface area contributed by atoms with E-state index in [0.29, 0.717) is 0 Å². The van der Waals surface area contributed by atoms with Gasteiger partial charge < -0.3 is 10.0 Å². The van der Waals surface area contributed by atoms with E-state index in [1.54, 1.807) is 0 Å². The fraction of sp³-hybridized carbons (Fsp3) is 0.524. The number of hydrogen-bond donors (Lipinski definition) is 1. The van der Waals surface area contributed by atoms with Crippen LogP contribution in [0, 0.1) is 11.8 Å². The van der Waals surface area contributed by atoms with Gasteiger partial charge in [-0.25, -0.2) is 0 Å². The third-order valence-electron chi connectivity index (χ3n) is 5.90. The first-order valence-corrected chi connectivity index (χ1v) is 9.17. The molecule has 4 rings (SSSR count). The van der Waals surface area contributed by atoms with E-state index in [-0.39, 0.29) is 6.10 Å². The molecule has 0 unspecified atom stereocenters. The van der Waals surface area contributed by atoms with Crippen molar-refractivity contribution in [1.29, 1.82) is 0 Å². The number of hydrogen-bond acceptors (Lipinski definition) is 2. The van der Waals surface area contributed by atoms with Gasteiger partial charge in [-0.05, 0) is 66.5 Å². The molecule has 0 amide bonds. The lowest BCUT2D eigenvalue weighted by molar-refractivity contribution is 0.136. The quantitative estimate of drug-likeness (QED) is 0.905. The van der Waals surface area contributed by atoms with Crippen LogP contribution >= 0.6 is 0 Å². The van der Waals surface area contributed by atoms with Crippen molar-refractivity contribution in [1.82, 2.24) is 4.90 Å². The molecule has 1 N–H and O–H groups in total. The van der Waals surface area contributed by atoms with Gasteiger partial charge >= 0.3 is 0 Å². The molecule has 1 aliphatic heterocycles. The molecule has 23 heavy (non-hydrogen) atoms. The van der Waals surface area contributed by atoms with Crippen molar-refractivity contribution >= 4 is 10.8 Å². The molecule has 2 aromatic rings. The van der Waals surface area contributed by atoms with Crippen molar-refractivity contribution < 1.29 is 5.11 Å². The summed E-state index contributed by atoms with van der Waals surface area (Å²) in [6.45, 7) is 3.50. The van der Waals surface area contributed by atoms with Crippen LogP contribution in [0.25, 0.3) is 10.8 Å². The van der Waals surface area contributed by atoms with Gasteiger partial charge in [-0.1, -0.05) is 42.8 Å². The van der Waals surface area contributed by atoms with Gasteiger partial charge in [0.1, 0.15) is 0 Å². The van der Waals surface area contributed by atoms with E-state index in [1.165, 1.54) is 49.5 Å². The summed E-state index contributed by atoms with van der Waals surface area (Å²) in [5.74, 6) is 1.90. The van der Waals surface area contributed by atoms with Gasteiger partial charge in [-0.3, -0.25) is 0 Å². The summed E-state index contributed by atoms with van der Waals surface area (Å²) in [5.41, 5.74) is 1.06. The summed E-state index contributed by atoms with van der Waals surface area (Å²) >= 11 is 0. The minimum atomic E-state index is -0.347. The molecule has 1 aliphatic carbocycles. The maximum atomic E-state index is 10.6. The topological polar surface area (TPSA) is 23.5 Å². The first-order valence-electron chi connectivity index (χ1n) is 9.17. The van der Waals surface area contributed by atoms with Crippen LogP contribution in [0.4, 0.5) is 0 Å². The Morgan fingerprint density at radius 2 is 1.83 bits per heavy atom. The predicted molar refractivity (Wildman–Crippen MR) is 95.4 cm³/mol. The number of rotatable bonds is 4. The smallest absolute Gasteiger partial charge is 0.0802 e. The highest BCUT2D eigenvalue weighted by molar-refractivity contribution is 5.83. The number of fused-ring (bicyclic) bond motifs is 3. The van der Waals surface area contributed by atoms with Gasteiger partial charge in [-0.2, -0.15) is 0 Å². The first-order chi connectivity index (χ1) is 11.3. The lowest BCUT2D eigenvalue weighted by Gasteiger charge is -2.25. The van der Waals surface area contributed by atoms with E-state index in [9.17, 15) is 5.11 Å². The van der Waals surface area contributed by atoms with E-state index in [1.807, 2.05) is 0 Å². The van der Waals surface area contributed by atoms with E-state index >= 15 is 0 Å². The molecule has 122 valence electrons. The second-order valence-electron chi connectivity index (χ2n) is 7.55. The molecule has 2 fully saturated rings. The molecule has 3 atom stereocenters. The lowest BCUT2D eigenvalue weighted by atomic mass is 10.0. The monoisotopic (exact) mass is 309 g/mol. The van der Waals surface area contributed by atoms with Gasteiger partial charge in [0, 0.05) is 13.1 Å². The molecule has 0 spiro atoms. The Balaban J connectivity index is 1.38. The second kappa shape index (κ2) is 6.62. The predicted octanol–water partition coefficient (Wildman–Crippen LogP) is 4.39. The van der Waals surface area contributed by atoms with Crippen molar-refractivity contribution in [3.63, 3.8) is 0 Å². The molecule has 1 heterocycles. The number of aliphatic hydroxyl groups is 1. The Morgan fingerprint density at radius 3 is 2.74 bits per heavy atom. The molecular weight excluding hydrogens is 282 g/mol. The Bertz CT molecular complexity index is 668. The average Bonchev–Trinajstić information content (AvgIpc) is 2.92. The number of aliphatic hydroxyl groups excluding tert-OH is 1. The highest BCUT2D eigenvalue weighted by atomic mass is 16.3. The molecule has 2 nitrogen and oxygen atoms in total. The van der Waals surface area contributed by atoms with Gasteiger partial charge in [0.2, 0.25) is 0 Å². The number of nitrogens with zero attached hydrogens (tertiary/aromatic N) is 1. The maximum absolute atomic E-state index is 10.6. The summed E-state index contributed by atoms with van der Waals surface area (Å²) in [7, 11) is 0. The molecule has 1 saturated heterocycles. The van der Waals surface area contributed by atoms with E-state index in [4.69, 9.17) is 0 Å². The van der Waals surface area contributed by atoms with Crippen LogP contribution in [0.15, 0.2) is 42.5 Å². The molecule has 2 heteroatoms. The normalized spacial score (nSPS) is 26.3. The Hall–Kier alpha value is -1.38. The van der Waals surface area contributed by atoms with Crippen molar-refractivity contribution in [2.24, 2.45) is 11.8 Å². The minimum absolute atomic E-state index is 0.347. The van der Waals surface area contributed by atoms with Crippen LogP contribution in [0.3, 0.4) is 0 Å². The zero-order valence-corrected chi connectivity index (χ0v) is 13.8. The SMILES string of the molecule is O[C@@H](CCN1CC[C@@H]2CC[C@@H](C2)C1)c1ccc2ccccc2c1. The summed E-state index contributed by atoms with van der Waals surface area (Å²) in [6, 6.07) is 14.7. The summed E-state index contributed by atoms with van der Waals surface area (Å²) in [5, 5.41) is 13.0. The largest absolute Gasteiger partial charge is 0.388 e. The lowest BCUT2D eigenvalue weighted by Crippen LogP contribution is -2.30. The van der Waals surface area contributed by atoms with Crippen molar-refractivity contribution in [2.75, 3.05) is 19.6 Å². The molecule has 0 radical (unpaired) electrons. The van der Waals surface area contributed by atoms with E-state index in [0.717, 1.165) is 30.4 Å². The first kappa shape index (κ1) is 15.2. The Morgan fingerprint density at radius 1 is 1.00 bits per heavy atom. The van der Waals surface area contributed by atoms with Crippen LogP contribution in [0.5, 0.6) is 0 Å². The van der Waals surface area contributed by atoms with Gasteiger partial charge in [-0.15, -0.1) is 0 Å². The summed E-state index contributed by atoms with van der Waals surface area (Å²) in [4.78, 5) is 2.59. The van der Waals surface area contributed by atoms with Gasteiger partial charge in [0.25, 0.3) is 0 Å². The van der Waals surface area contributed by atoms with Crippen LogP contribution in [-0.4, -0.2) is 29.6 Å². The van der Waals surface area contributed by atoms with Crippen LogP contribution in [0.2, 0.25) is 0 Å². The van der Waals surface area contributed by atoms with Crippen LogP contribution in [-0.2, 0) is 0 Å². The zero-order chi connectivity index (χ0) is 15.6. The number of likely N-dealkylation sites (tertiary alicyclic amines) is 1. The molecular formula is C21H27NO. The molecule has 1 saturated carbocycles. The fourth-order valence-corrected chi connectivity index (χ4v) is 4.52. The van der Waals surface area contributed by atoms with Gasteiger partial charge in [0.15, 0.2) is 0 Å². The third kappa shape index (κ3) is 3.44. The summed E-state index contributed by atoms with van der Waals surface area (Å²) < 4.78 is 0. The van der Waals surface area contributed by atoms with E-state index in [2.05, 4.69) is 47.4 Å². The second-order valence-corrected chi connectivity index (χ2v) is 7.55. The fourth-order valence-electron chi connectivity index (χ4n) is 4.52. The third-order valence-corrected chi connectivity index (χ3v) is 5.90.